The van der Waals surface area contributed by atoms with Crippen molar-refractivity contribution in [2.45, 2.75) is 57.5 Å². The molecule has 0 amide bonds. The Morgan fingerprint density at radius 2 is 1.84 bits per heavy atom. The molecule has 38 heavy (non-hydrogen) atoms. The number of aromatic hydroxyl groups is 1. The number of carbonyl (C=O) groups is 2. The van der Waals surface area contributed by atoms with E-state index in [0.29, 0.717) is 23.4 Å². The summed E-state index contributed by atoms with van der Waals surface area (Å²) in [5.41, 5.74) is 0.549. The number of benzene rings is 2. The third-order valence-corrected chi connectivity index (χ3v) is 8.39. The number of aliphatic hydroxyl groups is 1. The molecule has 0 saturated carbocycles. The van der Waals surface area contributed by atoms with Crippen molar-refractivity contribution < 1.29 is 29.3 Å². The highest BCUT2D eigenvalue weighted by Gasteiger charge is 2.81. The summed E-state index contributed by atoms with van der Waals surface area (Å²) in [6.45, 7) is 7.35. The summed E-state index contributed by atoms with van der Waals surface area (Å²) in [6, 6.07) is 2.47. The topological polar surface area (TPSA) is 108 Å². The fourth-order valence-electron chi connectivity index (χ4n) is 6.69. The number of hydrogen-bond donors (Lipinski definition) is 3. The highest BCUT2D eigenvalue weighted by molar-refractivity contribution is 6.32. The van der Waals surface area contributed by atoms with Gasteiger partial charge < -0.3 is 25.0 Å². The molecular weight excluding hydrogens is 482 g/mol. The van der Waals surface area contributed by atoms with Gasteiger partial charge in [0.05, 0.1) is 41.5 Å². The Kier molecular flexibility index (Phi) is 5.10. The van der Waals surface area contributed by atoms with Crippen LogP contribution in [0, 0.1) is 36.5 Å². The first kappa shape index (κ1) is 24.3. The van der Waals surface area contributed by atoms with Crippen molar-refractivity contribution in [3.05, 3.63) is 63.2 Å². The fraction of sp³-hybridized carbons (Fsp3) is 0.355. The fourth-order valence-corrected chi connectivity index (χ4v) is 6.69. The number of epoxide rings is 1. The van der Waals surface area contributed by atoms with Crippen LogP contribution in [0.25, 0.3) is 0 Å². The van der Waals surface area contributed by atoms with Gasteiger partial charge in [-0.1, -0.05) is 30.6 Å². The molecule has 1 fully saturated rings. The molecule has 2 aliphatic heterocycles. The minimum atomic E-state index is -1.16. The largest absolute Gasteiger partial charge is 0.507 e. The maximum absolute atomic E-state index is 14.2. The summed E-state index contributed by atoms with van der Waals surface area (Å²) in [4.78, 5) is 28.1. The molecule has 2 heterocycles. The van der Waals surface area contributed by atoms with E-state index >= 15 is 0 Å². The second kappa shape index (κ2) is 7.98. The Balaban J connectivity index is 1.67. The van der Waals surface area contributed by atoms with Crippen molar-refractivity contribution in [3.63, 3.8) is 0 Å². The smallest absolute Gasteiger partial charge is 0.202 e. The number of aliphatic hydroxyl groups excluding tert-OH is 1. The third-order valence-electron chi connectivity index (χ3n) is 8.39. The molecule has 2 aromatic carbocycles. The number of ether oxygens (including phenoxy) is 2. The van der Waals surface area contributed by atoms with Gasteiger partial charge >= 0.3 is 0 Å². The van der Waals surface area contributed by atoms with Crippen molar-refractivity contribution in [2.24, 2.45) is 5.92 Å². The van der Waals surface area contributed by atoms with Gasteiger partial charge in [-0.3, -0.25) is 9.59 Å². The number of allylic oxidation sites excluding steroid dienone is 2. The van der Waals surface area contributed by atoms with Gasteiger partial charge in [0.25, 0.3) is 0 Å². The van der Waals surface area contributed by atoms with Crippen LogP contribution in [-0.4, -0.2) is 46.6 Å². The number of ketones is 2. The number of phenols is 1. The van der Waals surface area contributed by atoms with Crippen molar-refractivity contribution in [1.29, 1.82) is 0 Å². The number of phenolic OH excluding ortho intramolecular Hbond substituents is 1. The minimum Gasteiger partial charge on any atom is -0.507 e. The molecule has 0 spiro atoms. The van der Waals surface area contributed by atoms with Crippen LogP contribution < -0.4 is 10.1 Å². The third kappa shape index (κ3) is 2.73. The van der Waals surface area contributed by atoms with Crippen molar-refractivity contribution in [2.75, 3.05) is 12.4 Å². The van der Waals surface area contributed by atoms with Gasteiger partial charge in [0.2, 0.25) is 5.78 Å². The van der Waals surface area contributed by atoms with Gasteiger partial charge in [-0.05, 0) is 62.6 Å². The molecule has 0 unspecified atom stereocenters. The maximum Gasteiger partial charge on any atom is 0.202 e. The molecule has 2 bridgehead atoms. The molecule has 6 rings (SSSR count). The average Bonchev–Trinajstić information content (AvgIpc) is 3.62. The predicted octanol–water partition coefficient (Wildman–Crippen LogP) is 3.40. The van der Waals surface area contributed by atoms with Crippen LogP contribution in [0.5, 0.6) is 11.5 Å². The highest BCUT2D eigenvalue weighted by Crippen LogP contribution is 2.68. The summed E-state index contributed by atoms with van der Waals surface area (Å²) in [5, 5.41) is 25.6. The lowest BCUT2D eigenvalue weighted by Crippen LogP contribution is -2.53. The Morgan fingerprint density at radius 3 is 2.50 bits per heavy atom. The molecule has 1 saturated heterocycles. The van der Waals surface area contributed by atoms with E-state index in [-0.39, 0.29) is 28.0 Å². The van der Waals surface area contributed by atoms with Crippen LogP contribution in [0.3, 0.4) is 0 Å². The molecule has 3 N–H and O–H groups in total. The van der Waals surface area contributed by atoms with Crippen LogP contribution in [0.4, 0.5) is 5.69 Å². The summed E-state index contributed by atoms with van der Waals surface area (Å²) in [7, 11) is 1.48. The van der Waals surface area contributed by atoms with E-state index in [1.165, 1.54) is 13.2 Å². The van der Waals surface area contributed by atoms with Gasteiger partial charge in [0, 0.05) is 11.1 Å². The zero-order valence-electron chi connectivity index (χ0n) is 21.8. The molecule has 0 aromatic heterocycles. The Morgan fingerprint density at radius 1 is 1.13 bits per heavy atom. The molecule has 7 nitrogen and oxygen atoms in total. The average molecular weight is 510 g/mol. The van der Waals surface area contributed by atoms with Crippen LogP contribution in [0.1, 0.15) is 69.3 Å². The summed E-state index contributed by atoms with van der Waals surface area (Å²) in [5.74, 6) is 10.9. The second-order valence-corrected chi connectivity index (χ2v) is 10.2. The van der Waals surface area contributed by atoms with E-state index in [1.807, 2.05) is 20.8 Å². The Bertz CT molecular complexity index is 1630. The molecular formula is C31H27NO6. The quantitative estimate of drug-likeness (QED) is 0.282. The van der Waals surface area contributed by atoms with Gasteiger partial charge in [-0.2, -0.15) is 0 Å². The SMILES string of the molecule is CCc1c(C)cc2c(c1OC)C(=O)c1c(O)cc3c(c1C2=O)N[C@H]1C#C/C=C\C#C[C@@H](C)[C@@]32O[C@@]12[C@@H](C)O. The number of aryl methyl sites for hydroxylation is 1. The first-order valence-corrected chi connectivity index (χ1v) is 12.7. The van der Waals surface area contributed by atoms with Gasteiger partial charge in [0.15, 0.2) is 11.4 Å². The van der Waals surface area contributed by atoms with Crippen LogP contribution in [0.15, 0.2) is 24.3 Å². The first-order valence-electron chi connectivity index (χ1n) is 12.7. The maximum atomic E-state index is 14.2. The van der Waals surface area contributed by atoms with Gasteiger partial charge in [-0.15, -0.1) is 0 Å². The van der Waals surface area contributed by atoms with Crippen LogP contribution in [0.2, 0.25) is 0 Å². The van der Waals surface area contributed by atoms with E-state index < -0.39 is 40.8 Å². The molecule has 2 aliphatic carbocycles. The van der Waals surface area contributed by atoms with Crippen LogP contribution in [-0.2, 0) is 16.8 Å². The minimum absolute atomic E-state index is 0.0665. The summed E-state index contributed by atoms with van der Waals surface area (Å²) >= 11 is 0. The number of methoxy groups -OCH3 is 1. The predicted molar refractivity (Wildman–Crippen MR) is 141 cm³/mol. The normalized spacial score (nSPS) is 29.0. The van der Waals surface area contributed by atoms with Gasteiger partial charge in [-0.25, -0.2) is 0 Å². The molecule has 192 valence electrons. The molecule has 5 atom stereocenters. The lowest BCUT2D eigenvalue weighted by Gasteiger charge is -2.38. The monoisotopic (exact) mass is 509 g/mol. The molecule has 7 heteroatoms. The molecule has 4 aliphatic rings. The van der Waals surface area contributed by atoms with Gasteiger partial charge in [0.1, 0.15) is 23.1 Å². The Hall–Kier alpha value is -4.04. The molecule has 2 aromatic rings. The van der Waals surface area contributed by atoms with Crippen LogP contribution >= 0.6 is 0 Å². The number of hydrogen-bond acceptors (Lipinski definition) is 7. The van der Waals surface area contributed by atoms with Crippen molar-refractivity contribution >= 4 is 17.3 Å². The zero-order valence-corrected chi connectivity index (χ0v) is 21.8. The number of anilines is 1. The standard InChI is InChI=1S/C31H27NO6/c1-6-18-15(2)13-19-23(29(18)37-5)28(36)24-21(34)14-20-26(25(24)27(19)35)32-22-12-10-8-7-9-11-16(3)30(20)31(22,38-30)17(4)33/h7-8,13-14,16-17,22,32-34H,6H2,1-5H3/b8-7-/t16-,17-,22+,30-,31+/m1/s1. The zero-order chi connectivity index (χ0) is 27.1. The second-order valence-electron chi connectivity index (χ2n) is 10.2. The highest BCUT2D eigenvalue weighted by atomic mass is 16.6. The Labute approximate surface area is 220 Å². The molecule has 0 radical (unpaired) electrons. The van der Waals surface area contributed by atoms with E-state index in [2.05, 4.69) is 29.0 Å². The number of rotatable bonds is 3. The lowest BCUT2D eigenvalue weighted by molar-refractivity contribution is 0.0868. The van der Waals surface area contributed by atoms with Crippen molar-refractivity contribution in [3.8, 4) is 35.2 Å². The first-order chi connectivity index (χ1) is 18.1. The van der Waals surface area contributed by atoms with E-state index in [9.17, 15) is 19.8 Å². The van der Waals surface area contributed by atoms with Crippen molar-refractivity contribution in [1.82, 2.24) is 0 Å². The van der Waals surface area contributed by atoms with E-state index in [0.717, 1.165) is 11.1 Å². The number of carbonyl (C=O) groups excluding carboxylic acids is 2. The lowest BCUT2D eigenvalue weighted by atomic mass is 9.67. The number of fused-ring (bicyclic) bond motifs is 4. The van der Waals surface area contributed by atoms with E-state index in [1.54, 1.807) is 25.1 Å². The number of nitrogens with one attached hydrogen (secondary N) is 1. The summed E-state index contributed by atoms with van der Waals surface area (Å²) in [6.07, 6.45) is 2.94. The summed E-state index contributed by atoms with van der Waals surface area (Å²) < 4.78 is 12.1. The van der Waals surface area contributed by atoms with E-state index in [4.69, 9.17) is 9.47 Å².